The van der Waals surface area contributed by atoms with Crippen molar-refractivity contribution >= 4 is 11.8 Å². The summed E-state index contributed by atoms with van der Waals surface area (Å²) < 4.78 is 10.2. The van der Waals surface area contributed by atoms with Crippen LogP contribution in [-0.4, -0.2) is 65.5 Å². The van der Waals surface area contributed by atoms with Gasteiger partial charge in [0.05, 0.1) is 31.0 Å². The topological polar surface area (TPSA) is 105 Å². The molecule has 1 atom stereocenters. The minimum absolute atomic E-state index is 0.0117. The van der Waals surface area contributed by atoms with E-state index in [-0.39, 0.29) is 36.6 Å². The highest BCUT2D eigenvalue weighted by Gasteiger charge is 2.32. The van der Waals surface area contributed by atoms with Gasteiger partial charge in [-0.1, -0.05) is 6.07 Å². The van der Waals surface area contributed by atoms with E-state index in [2.05, 4.69) is 4.98 Å². The van der Waals surface area contributed by atoms with E-state index in [0.29, 0.717) is 47.9 Å². The van der Waals surface area contributed by atoms with Gasteiger partial charge in [0.15, 0.2) is 0 Å². The lowest BCUT2D eigenvalue weighted by Gasteiger charge is -2.36. The zero-order valence-electron chi connectivity index (χ0n) is 18.4. The second-order valence-corrected chi connectivity index (χ2v) is 8.12. The number of rotatable bonds is 5. The molecule has 0 radical (unpaired) electrons. The standard InChI is InChI=1S/C23H28N4O5/c1-31-14-20(28)26-11-9-18-17(13-26)22(29)25-21(24-18)19-8-3-4-10-27(19)23(30)15-6-5-7-16(12-15)32-2/h5-7,12,19H,3-4,8-11,13-14H2,1-2H3,(H,24,25,29)/t19-/m0/s1. The van der Waals surface area contributed by atoms with Crippen LogP contribution < -0.4 is 10.3 Å². The fraction of sp³-hybridized carbons (Fsp3) is 0.478. The fourth-order valence-corrected chi connectivity index (χ4v) is 4.41. The molecule has 0 spiro atoms. The summed E-state index contributed by atoms with van der Waals surface area (Å²) in [5.41, 5.74) is 1.50. The molecule has 1 aromatic carbocycles. The van der Waals surface area contributed by atoms with Gasteiger partial charge in [-0.2, -0.15) is 0 Å². The lowest BCUT2D eigenvalue weighted by molar-refractivity contribution is -0.136. The average Bonchev–Trinajstić information content (AvgIpc) is 2.83. The van der Waals surface area contributed by atoms with Crippen LogP contribution in [0.1, 0.15) is 52.7 Å². The fourth-order valence-electron chi connectivity index (χ4n) is 4.41. The number of amides is 2. The molecule has 0 saturated carbocycles. The van der Waals surface area contributed by atoms with E-state index >= 15 is 0 Å². The monoisotopic (exact) mass is 440 g/mol. The number of likely N-dealkylation sites (tertiary alicyclic amines) is 1. The second kappa shape index (κ2) is 9.52. The van der Waals surface area contributed by atoms with Gasteiger partial charge in [0.25, 0.3) is 11.5 Å². The van der Waals surface area contributed by atoms with Crippen molar-refractivity contribution in [2.75, 3.05) is 33.9 Å². The number of H-pyrrole nitrogens is 1. The average molecular weight is 441 g/mol. The Balaban J connectivity index is 1.61. The normalized spacial score (nSPS) is 18.2. The van der Waals surface area contributed by atoms with E-state index in [0.717, 1.165) is 19.3 Å². The molecule has 9 nitrogen and oxygen atoms in total. The number of nitrogens with zero attached hydrogens (tertiary/aromatic N) is 3. The molecule has 2 aliphatic rings. The maximum absolute atomic E-state index is 13.3. The number of fused-ring (bicyclic) bond motifs is 1. The minimum atomic E-state index is -0.298. The largest absolute Gasteiger partial charge is 0.497 e. The SMILES string of the molecule is COCC(=O)N1CCc2nc([C@@H]3CCCCN3C(=O)c3cccc(OC)c3)[nH]c(=O)c2C1. The highest BCUT2D eigenvalue weighted by atomic mass is 16.5. The molecule has 9 heteroatoms. The van der Waals surface area contributed by atoms with Gasteiger partial charge in [-0.25, -0.2) is 4.98 Å². The first kappa shape index (κ1) is 22.0. The van der Waals surface area contributed by atoms with Gasteiger partial charge >= 0.3 is 0 Å². The Morgan fingerprint density at radius 1 is 1.22 bits per heavy atom. The van der Waals surface area contributed by atoms with Crippen molar-refractivity contribution in [3.05, 3.63) is 57.3 Å². The van der Waals surface area contributed by atoms with Crippen LogP contribution in [-0.2, 0) is 22.5 Å². The van der Waals surface area contributed by atoms with Crippen molar-refractivity contribution in [2.45, 2.75) is 38.3 Å². The molecular formula is C23H28N4O5. The number of hydrogen-bond donors (Lipinski definition) is 1. The number of benzene rings is 1. The van der Waals surface area contributed by atoms with Crippen LogP contribution >= 0.6 is 0 Å². The summed E-state index contributed by atoms with van der Waals surface area (Å²) in [5.74, 6) is 0.882. The lowest BCUT2D eigenvalue weighted by atomic mass is 9.99. The van der Waals surface area contributed by atoms with Crippen LogP contribution in [0.15, 0.2) is 29.1 Å². The van der Waals surface area contributed by atoms with Gasteiger partial charge < -0.3 is 24.3 Å². The van der Waals surface area contributed by atoms with E-state index in [1.54, 1.807) is 41.2 Å². The van der Waals surface area contributed by atoms with Crippen molar-refractivity contribution in [2.24, 2.45) is 0 Å². The Hall–Kier alpha value is -3.20. The summed E-state index contributed by atoms with van der Waals surface area (Å²) >= 11 is 0. The predicted molar refractivity (Wildman–Crippen MR) is 116 cm³/mol. The molecule has 3 heterocycles. The Morgan fingerprint density at radius 2 is 2.06 bits per heavy atom. The van der Waals surface area contributed by atoms with Crippen LogP contribution in [0.2, 0.25) is 0 Å². The number of carbonyl (C=O) groups is 2. The molecule has 2 aromatic rings. The number of piperidine rings is 1. The number of nitrogens with one attached hydrogen (secondary N) is 1. The zero-order chi connectivity index (χ0) is 22.7. The number of aromatic amines is 1. The molecule has 1 N–H and O–H groups in total. The Labute approximate surface area is 186 Å². The summed E-state index contributed by atoms with van der Waals surface area (Å²) in [4.78, 5) is 49.4. The lowest BCUT2D eigenvalue weighted by Crippen LogP contribution is -2.43. The molecule has 0 unspecified atom stereocenters. The number of ether oxygens (including phenoxy) is 2. The van der Waals surface area contributed by atoms with Crippen LogP contribution in [0.4, 0.5) is 0 Å². The third kappa shape index (κ3) is 4.38. The molecule has 2 aliphatic heterocycles. The summed E-state index contributed by atoms with van der Waals surface area (Å²) in [6.45, 7) is 1.29. The van der Waals surface area contributed by atoms with E-state index in [9.17, 15) is 14.4 Å². The highest BCUT2D eigenvalue weighted by molar-refractivity contribution is 5.95. The third-order valence-electron chi connectivity index (χ3n) is 6.10. The van der Waals surface area contributed by atoms with Gasteiger partial charge in [0.1, 0.15) is 18.2 Å². The summed E-state index contributed by atoms with van der Waals surface area (Å²) in [7, 11) is 3.04. The molecule has 1 aromatic heterocycles. The molecule has 0 aliphatic carbocycles. The Bertz CT molecular complexity index is 1070. The van der Waals surface area contributed by atoms with Gasteiger partial charge in [-0.15, -0.1) is 0 Å². The summed E-state index contributed by atoms with van der Waals surface area (Å²) in [6.07, 6.45) is 3.08. The van der Waals surface area contributed by atoms with Crippen LogP contribution in [0.5, 0.6) is 5.75 Å². The molecule has 1 fully saturated rings. The number of aromatic nitrogens is 2. The van der Waals surface area contributed by atoms with E-state index in [1.807, 2.05) is 0 Å². The van der Waals surface area contributed by atoms with Crippen molar-refractivity contribution in [1.29, 1.82) is 0 Å². The maximum Gasteiger partial charge on any atom is 0.256 e. The van der Waals surface area contributed by atoms with Crippen LogP contribution in [0.25, 0.3) is 0 Å². The van der Waals surface area contributed by atoms with Crippen molar-refractivity contribution in [3.63, 3.8) is 0 Å². The van der Waals surface area contributed by atoms with E-state index in [4.69, 9.17) is 14.5 Å². The molecular weight excluding hydrogens is 412 g/mol. The minimum Gasteiger partial charge on any atom is -0.497 e. The number of hydrogen-bond acceptors (Lipinski definition) is 6. The second-order valence-electron chi connectivity index (χ2n) is 8.12. The number of methoxy groups -OCH3 is 2. The van der Waals surface area contributed by atoms with Gasteiger partial charge in [-0.3, -0.25) is 14.4 Å². The van der Waals surface area contributed by atoms with Crippen LogP contribution in [0.3, 0.4) is 0 Å². The molecule has 2 amide bonds. The van der Waals surface area contributed by atoms with Gasteiger partial charge in [0.2, 0.25) is 5.91 Å². The predicted octanol–water partition coefficient (Wildman–Crippen LogP) is 1.68. The molecule has 170 valence electrons. The maximum atomic E-state index is 13.3. The quantitative estimate of drug-likeness (QED) is 0.759. The first-order chi connectivity index (χ1) is 15.5. The first-order valence-electron chi connectivity index (χ1n) is 10.9. The third-order valence-corrected chi connectivity index (χ3v) is 6.10. The summed E-state index contributed by atoms with van der Waals surface area (Å²) in [5, 5.41) is 0. The zero-order valence-corrected chi connectivity index (χ0v) is 18.4. The molecule has 1 saturated heterocycles. The van der Waals surface area contributed by atoms with Gasteiger partial charge in [0, 0.05) is 32.2 Å². The molecule has 0 bridgehead atoms. The molecule has 4 rings (SSSR count). The van der Waals surface area contributed by atoms with Crippen molar-refractivity contribution < 1.29 is 19.1 Å². The van der Waals surface area contributed by atoms with Crippen molar-refractivity contribution in [3.8, 4) is 5.75 Å². The van der Waals surface area contributed by atoms with E-state index in [1.165, 1.54) is 7.11 Å². The summed E-state index contributed by atoms with van der Waals surface area (Å²) in [6, 6.07) is 6.79. The van der Waals surface area contributed by atoms with Crippen molar-refractivity contribution in [1.82, 2.24) is 19.8 Å². The van der Waals surface area contributed by atoms with Crippen LogP contribution in [0, 0.1) is 0 Å². The number of carbonyl (C=O) groups excluding carboxylic acids is 2. The van der Waals surface area contributed by atoms with Gasteiger partial charge in [-0.05, 0) is 37.5 Å². The molecule has 32 heavy (non-hydrogen) atoms. The first-order valence-corrected chi connectivity index (χ1v) is 10.9. The Morgan fingerprint density at radius 3 is 2.84 bits per heavy atom. The smallest absolute Gasteiger partial charge is 0.256 e. The Kier molecular flexibility index (Phi) is 6.55. The van der Waals surface area contributed by atoms with E-state index < -0.39 is 0 Å². The highest BCUT2D eigenvalue weighted by Crippen LogP contribution is 2.31.